The highest BCUT2D eigenvalue weighted by Gasteiger charge is 2.24. The Kier molecular flexibility index (Phi) is 6.22. The number of hydrogen-bond donors (Lipinski definition) is 2. The maximum atomic E-state index is 13.0. The van der Waals surface area contributed by atoms with Gasteiger partial charge in [0, 0.05) is 10.6 Å². The zero-order valence-electron chi connectivity index (χ0n) is 16.8. The van der Waals surface area contributed by atoms with Crippen LogP contribution in [0.25, 0.3) is 5.82 Å². The van der Waals surface area contributed by atoms with Crippen molar-refractivity contribution in [3.63, 3.8) is 0 Å². The van der Waals surface area contributed by atoms with E-state index in [4.69, 9.17) is 5.73 Å². The molecule has 2 aromatic heterocycles. The molecule has 0 atom stereocenters. The van der Waals surface area contributed by atoms with Crippen LogP contribution in [0.15, 0.2) is 63.2 Å². The number of aromatic nitrogens is 5. The molecule has 4 aromatic rings. The fourth-order valence-electron chi connectivity index (χ4n) is 2.67. The second kappa shape index (κ2) is 9.39. The summed E-state index contributed by atoms with van der Waals surface area (Å²) in [6.45, 7) is 2.00. The first-order chi connectivity index (χ1) is 15.5. The van der Waals surface area contributed by atoms with Crippen molar-refractivity contribution < 1.29 is 13.8 Å². The minimum atomic E-state index is -0.579. The number of thioether (sulfide) groups is 1. The molecule has 0 fully saturated rings. The van der Waals surface area contributed by atoms with E-state index in [2.05, 4.69) is 35.8 Å². The Balaban J connectivity index is 1.56. The second-order valence-electron chi connectivity index (χ2n) is 6.62. The molecule has 0 aliphatic carbocycles. The van der Waals surface area contributed by atoms with Gasteiger partial charge < -0.3 is 5.73 Å². The van der Waals surface area contributed by atoms with Crippen LogP contribution in [0.5, 0.6) is 0 Å². The Hall–Kier alpha value is -4.06. The zero-order valence-corrected chi connectivity index (χ0v) is 17.6. The lowest BCUT2D eigenvalue weighted by atomic mass is 10.2. The van der Waals surface area contributed by atoms with Gasteiger partial charge in [0.15, 0.2) is 5.69 Å². The van der Waals surface area contributed by atoms with Crippen molar-refractivity contribution in [3.05, 3.63) is 76.9 Å². The predicted molar refractivity (Wildman–Crippen MR) is 116 cm³/mol. The van der Waals surface area contributed by atoms with Gasteiger partial charge in [-0.25, -0.2) is 14.4 Å². The standard InChI is InChI=1S/C20H17FN8O2S/c1-12-2-8-15(9-3-12)32-11-16-17(24-28-29(16)19-18(22)26-31-27-19)20(30)25-23-10-13-4-6-14(21)7-5-13/h2-10H,11H2,1H3,(H2,22,26)(H,25,30)/b23-10+. The Morgan fingerprint density at radius 3 is 2.66 bits per heavy atom. The van der Waals surface area contributed by atoms with E-state index in [1.807, 2.05) is 31.2 Å². The number of rotatable bonds is 7. The summed E-state index contributed by atoms with van der Waals surface area (Å²) in [5.41, 5.74) is 10.4. The molecule has 0 aliphatic rings. The lowest BCUT2D eigenvalue weighted by Gasteiger charge is -2.06. The number of hydrazone groups is 1. The normalized spacial score (nSPS) is 11.2. The van der Waals surface area contributed by atoms with Crippen LogP contribution in [-0.2, 0) is 5.75 Å². The molecule has 12 heteroatoms. The molecule has 32 heavy (non-hydrogen) atoms. The summed E-state index contributed by atoms with van der Waals surface area (Å²) in [4.78, 5) is 13.7. The topological polar surface area (TPSA) is 137 Å². The van der Waals surface area contributed by atoms with Gasteiger partial charge in [-0.1, -0.05) is 35.0 Å². The number of anilines is 1. The monoisotopic (exact) mass is 452 g/mol. The number of benzene rings is 2. The largest absolute Gasteiger partial charge is 0.378 e. The number of nitrogens with one attached hydrogen (secondary N) is 1. The van der Waals surface area contributed by atoms with Gasteiger partial charge in [-0.3, -0.25) is 4.79 Å². The molecule has 0 bridgehead atoms. The number of halogens is 1. The van der Waals surface area contributed by atoms with Crippen LogP contribution >= 0.6 is 11.8 Å². The average molecular weight is 452 g/mol. The molecule has 10 nitrogen and oxygen atoms in total. The number of carbonyl (C=O) groups excluding carboxylic acids is 1. The molecule has 0 unspecified atom stereocenters. The van der Waals surface area contributed by atoms with Crippen molar-refractivity contribution in [2.24, 2.45) is 5.10 Å². The third-order valence-corrected chi connectivity index (χ3v) is 5.34. The molecule has 0 radical (unpaired) electrons. The molecular weight excluding hydrogens is 435 g/mol. The van der Waals surface area contributed by atoms with Crippen molar-refractivity contribution in [2.75, 3.05) is 5.73 Å². The molecule has 4 rings (SSSR count). The Morgan fingerprint density at radius 2 is 1.97 bits per heavy atom. The predicted octanol–water partition coefficient (Wildman–Crippen LogP) is 2.74. The first kappa shape index (κ1) is 21.2. The number of nitrogen functional groups attached to an aromatic ring is 1. The fraction of sp³-hybridized carbons (Fsp3) is 0.100. The van der Waals surface area contributed by atoms with E-state index in [0.29, 0.717) is 17.0 Å². The quantitative estimate of drug-likeness (QED) is 0.248. The SMILES string of the molecule is Cc1ccc(SCc2c(C(=O)N/N=C/c3ccc(F)cc3)nnn2-c2nonc2N)cc1. The van der Waals surface area contributed by atoms with Crippen molar-refractivity contribution in [1.82, 2.24) is 30.7 Å². The maximum absolute atomic E-state index is 13.0. The highest BCUT2D eigenvalue weighted by Crippen LogP contribution is 2.26. The third kappa shape index (κ3) is 4.81. The molecule has 0 aliphatic heterocycles. The smallest absolute Gasteiger partial charge is 0.293 e. The second-order valence-corrected chi connectivity index (χ2v) is 7.67. The first-order valence-electron chi connectivity index (χ1n) is 9.32. The summed E-state index contributed by atoms with van der Waals surface area (Å²) < 4.78 is 19.0. The molecule has 0 spiro atoms. The van der Waals surface area contributed by atoms with E-state index >= 15 is 0 Å². The highest BCUT2D eigenvalue weighted by molar-refractivity contribution is 7.98. The fourth-order valence-corrected chi connectivity index (χ4v) is 3.56. The van der Waals surface area contributed by atoms with E-state index in [1.165, 1.54) is 46.9 Å². The summed E-state index contributed by atoms with van der Waals surface area (Å²) in [5, 5.41) is 19.2. The van der Waals surface area contributed by atoms with Crippen molar-refractivity contribution in [1.29, 1.82) is 0 Å². The number of nitrogens with two attached hydrogens (primary N) is 1. The van der Waals surface area contributed by atoms with Crippen LogP contribution in [0, 0.1) is 12.7 Å². The van der Waals surface area contributed by atoms with Crippen LogP contribution in [0.2, 0.25) is 0 Å². The van der Waals surface area contributed by atoms with Crippen molar-refractivity contribution in [2.45, 2.75) is 17.6 Å². The highest BCUT2D eigenvalue weighted by atomic mass is 32.2. The average Bonchev–Trinajstić information content (AvgIpc) is 3.40. The molecule has 1 amide bonds. The van der Waals surface area contributed by atoms with E-state index in [9.17, 15) is 9.18 Å². The Morgan fingerprint density at radius 1 is 1.22 bits per heavy atom. The van der Waals surface area contributed by atoms with Gasteiger partial charge in [-0.15, -0.1) is 16.9 Å². The number of nitrogens with zero attached hydrogens (tertiary/aromatic N) is 6. The molecule has 0 saturated heterocycles. The third-order valence-electron chi connectivity index (χ3n) is 4.32. The van der Waals surface area contributed by atoms with Crippen LogP contribution in [-0.4, -0.2) is 37.4 Å². The van der Waals surface area contributed by atoms with Gasteiger partial charge in [-0.2, -0.15) is 9.78 Å². The van der Waals surface area contributed by atoms with Crippen LogP contribution in [0.1, 0.15) is 27.3 Å². The van der Waals surface area contributed by atoms with E-state index in [0.717, 1.165) is 10.5 Å². The summed E-state index contributed by atoms with van der Waals surface area (Å²) in [7, 11) is 0. The van der Waals surface area contributed by atoms with E-state index in [1.54, 1.807) is 0 Å². The summed E-state index contributed by atoms with van der Waals surface area (Å²) in [5.74, 6) is -0.458. The van der Waals surface area contributed by atoms with Gasteiger partial charge in [0.05, 0.1) is 11.9 Å². The number of amides is 1. The summed E-state index contributed by atoms with van der Waals surface area (Å²) in [6.07, 6.45) is 1.39. The molecule has 0 saturated carbocycles. The van der Waals surface area contributed by atoms with Crippen LogP contribution < -0.4 is 11.2 Å². The van der Waals surface area contributed by atoms with E-state index in [-0.39, 0.29) is 23.1 Å². The van der Waals surface area contributed by atoms with Crippen molar-refractivity contribution in [3.8, 4) is 5.82 Å². The first-order valence-corrected chi connectivity index (χ1v) is 10.3. The Labute approximate surface area is 185 Å². The zero-order chi connectivity index (χ0) is 22.5. The Bertz CT molecular complexity index is 1250. The lowest BCUT2D eigenvalue weighted by molar-refractivity contribution is 0.0949. The van der Waals surface area contributed by atoms with Crippen LogP contribution in [0.4, 0.5) is 10.2 Å². The lowest BCUT2D eigenvalue weighted by Crippen LogP contribution is -2.20. The minimum Gasteiger partial charge on any atom is -0.378 e. The number of aryl methyl sites for hydroxylation is 1. The van der Waals surface area contributed by atoms with Gasteiger partial charge in [0.25, 0.3) is 5.91 Å². The van der Waals surface area contributed by atoms with Gasteiger partial charge in [0.2, 0.25) is 11.6 Å². The van der Waals surface area contributed by atoms with Crippen molar-refractivity contribution >= 4 is 29.7 Å². The summed E-state index contributed by atoms with van der Waals surface area (Å²) in [6, 6.07) is 13.6. The van der Waals surface area contributed by atoms with E-state index < -0.39 is 5.91 Å². The summed E-state index contributed by atoms with van der Waals surface area (Å²) >= 11 is 1.48. The molecule has 2 heterocycles. The minimum absolute atomic E-state index is 0.0118. The van der Waals surface area contributed by atoms with Gasteiger partial charge in [-0.05, 0) is 47.1 Å². The van der Waals surface area contributed by atoms with Gasteiger partial charge >= 0.3 is 0 Å². The number of carbonyl (C=O) groups is 1. The molecule has 2 aromatic carbocycles. The molecular formula is C20H17FN8O2S. The van der Waals surface area contributed by atoms with Crippen LogP contribution in [0.3, 0.4) is 0 Å². The van der Waals surface area contributed by atoms with Gasteiger partial charge in [0.1, 0.15) is 5.82 Å². The number of hydrogen-bond acceptors (Lipinski definition) is 9. The maximum Gasteiger partial charge on any atom is 0.293 e. The molecule has 162 valence electrons. The molecule has 3 N–H and O–H groups in total.